The molecule has 1 atom stereocenters. The van der Waals surface area contributed by atoms with E-state index < -0.39 is 0 Å². The summed E-state index contributed by atoms with van der Waals surface area (Å²) < 4.78 is 1.80. The van der Waals surface area contributed by atoms with Crippen LogP contribution in [0.3, 0.4) is 0 Å². The highest BCUT2D eigenvalue weighted by atomic mass is 32.1. The van der Waals surface area contributed by atoms with Crippen LogP contribution in [0, 0.1) is 6.92 Å². The van der Waals surface area contributed by atoms with Gasteiger partial charge in [-0.2, -0.15) is 5.10 Å². The smallest absolute Gasteiger partial charge is 0.319 e. The van der Waals surface area contributed by atoms with E-state index >= 15 is 0 Å². The number of carbonyl (C=O) groups is 1. The number of urea groups is 1. The number of nitrogens with zero attached hydrogens (tertiary/aromatic N) is 3. The van der Waals surface area contributed by atoms with Gasteiger partial charge in [0.25, 0.3) is 0 Å². The van der Waals surface area contributed by atoms with E-state index in [4.69, 9.17) is 0 Å². The highest BCUT2D eigenvalue weighted by Crippen LogP contribution is 2.19. The molecule has 0 saturated heterocycles. The maximum atomic E-state index is 12.3. The molecule has 0 aliphatic rings. The molecule has 0 bridgehead atoms. The number of rotatable bonds is 5. The minimum atomic E-state index is -0.269. The molecule has 1 unspecified atom stereocenters. The summed E-state index contributed by atoms with van der Waals surface area (Å²) in [6.07, 6.45) is 2.56. The molecule has 2 N–H and O–H groups in total. The SMILES string of the molecule is CCc1nc(C(C)NC(=O)Nc2cnn(-c3ccccc3)c2C)cs1. The van der Waals surface area contributed by atoms with Gasteiger partial charge in [-0.15, -0.1) is 11.3 Å². The summed E-state index contributed by atoms with van der Waals surface area (Å²) in [6, 6.07) is 9.39. The standard InChI is InChI=1S/C18H21N5OS/c1-4-17-21-16(11-25-17)12(2)20-18(24)22-15-10-19-23(13(15)3)14-8-6-5-7-9-14/h5-12H,4H2,1-3H3,(H2,20,22,24). The normalized spacial score (nSPS) is 12.0. The molecule has 2 amide bonds. The first-order chi connectivity index (χ1) is 12.1. The summed E-state index contributed by atoms with van der Waals surface area (Å²) in [6.45, 7) is 5.92. The molecule has 0 radical (unpaired) electrons. The van der Waals surface area contributed by atoms with Crippen LogP contribution >= 0.6 is 11.3 Å². The molecule has 1 aromatic carbocycles. The van der Waals surface area contributed by atoms with Gasteiger partial charge in [0.15, 0.2) is 0 Å². The van der Waals surface area contributed by atoms with Gasteiger partial charge in [0.1, 0.15) is 0 Å². The van der Waals surface area contributed by atoms with Gasteiger partial charge in [0.2, 0.25) is 0 Å². The third-order valence-electron chi connectivity index (χ3n) is 3.92. The predicted molar refractivity (Wildman–Crippen MR) is 100 cm³/mol. The lowest BCUT2D eigenvalue weighted by atomic mass is 10.2. The molecule has 2 heterocycles. The average Bonchev–Trinajstić information content (AvgIpc) is 3.23. The van der Waals surface area contributed by atoms with Crippen molar-refractivity contribution in [3.8, 4) is 5.69 Å². The van der Waals surface area contributed by atoms with Gasteiger partial charge in [-0.3, -0.25) is 0 Å². The molecule has 0 spiro atoms. The molecule has 2 aromatic heterocycles. The van der Waals surface area contributed by atoms with Gasteiger partial charge in [0.05, 0.1) is 40.0 Å². The van der Waals surface area contributed by atoms with E-state index in [0.29, 0.717) is 5.69 Å². The van der Waals surface area contributed by atoms with E-state index in [1.165, 1.54) is 0 Å². The van der Waals surface area contributed by atoms with Crippen molar-refractivity contribution >= 4 is 23.1 Å². The number of benzene rings is 1. The van der Waals surface area contributed by atoms with Gasteiger partial charge < -0.3 is 10.6 Å². The largest absolute Gasteiger partial charge is 0.330 e. The molecule has 0 aliphatic heterocycles. The zero-order chi connectivity index (χ0) is 17.8. The Labute approximate surface area is 150 Å². The first-order valence-electron chi connectivity index (χ1n) is 8.20. The Kier molecular flexibility index (Phi) is 5.14. The van der Waals surface area contributed by atoms with Crippen LogP contribution in [0.15, 0.2) is 41.9 Å². The van der Waals surface area contributed by atoms with Crippen LogP contribution < -0.4 is 10.6 Å². The van der Waals surface area contributed by atoms with E-state index in [9.17, 15) is 4.79 Å². The monoisotopic (exact) mass is 355 g/mol. The van der Waals surface area contributed by atoms with E-state index in [0.717, 1.165) is 28.5 Å². The van der Waals surface area contributed by atoms with Crippen molar-refractivity contribution < 1.29 is 4.79 Å². The number of anilines is 1. The number of aryl methyl sites for hydroxylation is 1. The number of hydrogen-bond acceptors (Lipinski definition) is 4. The van der Waals surface area contributed by atoms with Crippen LogP contribution in [0.25, 0.3) is 5.69 Å². The highest BCUT2D eigenvalue weighted by Gasteiger charge is 2.15. The molecule has 0 saturated carbocycles. The van der Waals surface area contributed by atoms with Crippen LogP contribution in [0.1, 0.15) is 36.3 Å². The third-order valence-corrected chi connectivity index (χ3v) is 4.93. The van der Waals surface area contributed by atoms with Crippen molar-refractivity contribution in [3.63, 3.8) is 0 Å². The molecule has 3 rings (SSSR count). The fourth-order valence-electron chi connectivity index (χ4n) is 2.48. The lowest BCUT2D eigenvalue weighted by molar-refractivity contribution is 0.249. The summed E-state index contributed by atoms with van der Waals surface area (Å²) in [5.41, 5.74) is 3.39. The predicted octanol–water partition coefficient (Wildman–Crippen LogP) is 4.08. The van der Waals surface area contributed by atoms with Crippen LogP contribution in [-0.2, 0) is 6.42 Å². The topological polar surface area (TPSA) is 71.8 Å². The van der Waals surface area contributed by atoms with Crippen molar-refractivity contribution in [1.29, 1.82) is 0 Å². The van der Waals surface area contributed by atoms with Crippen LogP contribution in [0.2, 0.25) is 0 Å². The quantitative estimate of drug-likeness (QED) is 0.724. The lowest BCUT2D eigenvalue weighted by Gasteiger charge is -2.12. The van der Waals surface area contributed by atoms with Crippen molar-refractivity contribution in [2.24, 2.45) is 0 Å². The van der Waals surface area contributed by atoms with Gasteiger partial charge in [-0.25, -0.2) is 14.5 Å². The van der Waals surface area contributed by atoms with Crippen molar-refractivity contribution in [2.45, 2.75) is 33.2 Å². The molecule has 3 aromatic rings. The summed E-state index contributed by atoms with van der Waals surface area (Å²) in [7, 11) is 0. The number of amides is 2. The Bertz CT molecular complexity index is 855. The number of para-hydroxylation sites is 1. The van der Waals surface area contributed by atoms with Gasteiger partial charge >= 0.3 is 6.03 Å². The Hall–Kier alpha value is -2.67. The Morgan fingerprint density at radius 3 is 2.76 bits per heavy atom. The molecular weight excluding hydrogens is 334 g/mol. The van der Waals surface area contributed by atoms with E-state index in [1.807, 2.05) is 49.6 Å². The first-order valence-corrected chi connectivity index (χ1v) is 9.08. The minimum Gasteiger partial charge on any atom is -0.330 e. The van der Waals surface area contributed by atoms with Crippen LogP contribution in [-0.4, -0.2) is 20.8 Å². The Morgan fingerprint density at radius 2 is 2.08 bits per heavy atom. The second-order valence-electron chi connectivity index (χ2n) is 5.73. The maximum absolute atomic E-state index is 12.3. The molecule has 25 heavy (non-hydrogen) atoms. The van der Waals surface area contributed by atoms with Gasteiger partial charge in [-0.05, 0) is 32.4 Å². The van der Waals surface area contributed by atoms with Gasteiger partial charge in [-0.1, -0.05) is 25.1 Å². The first kappa shape index (κ1) is 17.2. The number of aromatic nitrogens is 3. The summed E-state index contributed by atoms with van der Waals surface area (Å²) in [4.78, 5) is 16.8. The maximum Gasteiger partial charge on any atom is 0.319 e. The van der Waals surface area contributed by atoms with Crippen LogP contribution in [0.4, 0.5) is 10.5 Å². The Morgan fingerprint density at radius 1 is 1.32 bits per heavy atom. The number of carbonyl (C=O) groups excluding carboxylic acids is 1. The van der Waals surface area contributed by atoms with E-state index in [1.54, 1.807) is 22.2 Å². The van der Waals surface area contributed by atoms with Gasteiger partial charge in [0, 0.05) is 5.38 Å². The molecule has 0 aliphatic carbocycles. The van der Waals surface area contributed by atoms with Crippen molar-refractivity contribution in [3.05, 3.63) is 58.3 Å². The Balaban J connectivity index is 1.66. The third kappa shape index (κ3) is 3.88. The van der Waals surface area contributed by atoms with E-state index in [-0.39, 0.29) is 12.1 Å². The number of nitrogens with one attached hydrogen (secondary N) is 2. The van der Waals surface area contributed by atoms with Crippen molar-refractivity contribution in [2.75, 3.05) is 5.32 Å². The molecule has 130 valence electrons. The second-order valence-corrected chi connectivity index (χ2v) is 6.67. The zero-order valence-electron chi connectivity index (χ0n) is 14.5. The van der Waals surface area contributed by atoms with E-state index in [2.05, 4.69) is 27.6 Å². The highest BCUT2D eigenvalue weighted by molar-refractivity contribution is 7.09. The number of thiazole rings is 1. The summed E-state index contributed by atoms with van der Waals surface area (Å²) >= 11 is 1.62. The summed E-state index contributed by atoms with van der Waals surface area (Å²) in [5, 5.41) is 13.2. The molecule has 7 heteroatoms. The lowest BCUT2D eigenvalue weighted by Crippen LogP contribution is -2.31. The summed E-state index contributed by atoms with van der Waals surface area (Å²) in [5.74, 6) is 0. The minimum absolute atomic E-state index is 0.152. The van der Waals surface area contributed by atoms with Crippen molar-refractivity contribution in [1.82, 2.24) is 20.1 Å². The molecular formula is C18H21N5OS. The fourth-order valence-corrected chi connectivity index (χ4v) is 3.32. The van der Waals surface area contributed by atoms with Crippen LogP contribution in [0.5, 0.6) is 0 Å². The average molecular weight is 355 g/mol. The molecule has 6 nitrogen and oxygen atoms in total. The fraction of sp³-hybridized carbons (Fsp3) is 0.278. The second kappa shape index (κ2) is 7.48. The molecule has 0 fully saturated rings. The number of hydrogen-bond donors (Lipinski definition) is 2. The zero-order valence-corrected chi connectivity index (χ0v) is 15.3.